The standard InChI is InChI=1S/C11H12N2O3/c1-13-8(4-5-12-13)3-2-7-6-9(14)11(16)10(7)15/h2-6,10-11,15-16H,1H3/b3-2+/t10-,11-/m0/s1. The largest absolute Gasteiger partial charge is 0.385 e. The first kappa shape index (κ1) is 10.8. The Hall–Kier alpha value is -1.72. The van der Waals surface area contributed by atoms with Gasteiger partial charge in [-0.15, -0.1) is 0 Å². The van der Waals surface area contributed by atoms with E-state index in [4.69, 9.17) is 0 Å². The fourth-order valence-corrected chi connectivity index (χ4v) is 1.55. The van der Waals surface area contributed by atoms with Crippen molar-refractivity contribution in [1.29, 1.82) is 0 Å². The lowest BCUT2D eigenvalue weighted by atomic mass is 10.1. The van der Waals surface area contributed by atoms with Crippen molar-refractivity contribution in [3.8, 4) is 0 Å². The van der Waals surface area contributed by atoms with Crippen molar-refractivity contribution in [2.45, 2.75) is 12.2 Å². The first-order valence-corrected chi connectivity index (χ1v) is 4.87. The second-order valence-corrected chi connectivity index (χ2v) is 3.65. The maximum atomic E-state index is 11.1. The average Bonchev–Trinajstić information content (AvgIpc) is 2.76. The molecule has 16 heavy (non-hydrogen) atoms. The Labute approximate surface area is 92.3 Å². The van der Waals surface area contributed by atoms with E-state index in [1.54, 1.807) is 36.1 Å². The number of rotatable bonds is 2. The van der Waals surface area contributed by atoms with E-state index in [0.717, 1.165) is 5.69 Å². The first-order valence-electron chi connectivity index (χ1n) is 4.87. The Morgan fingerprint density at radius 3 is 2.62 bits per heavy atom. The van der Waals surface area contributed by atoms with Crippen LogP contribution in [0.25, 0.3) is 6.08 Å². The number of nitrogens with zero attached hydrogens (tertiary/aromatic N) is 2. The summed E-state index contributed by atoms with van der Waals surface area (Å²) in [5.74, 6) is -0.461. The van der Waals surface area contributed by atoms with Crippen LogP contribution in [0.5, 0.6) is 0 Å². The summed E-state index contributed by atoms with van der Waals surface area (Å²) in [5, 5.41) is 22.7. The average molecular weight is 220 g/mol. The van der Waals surface area contributed by atoms with E-state index >= 15 is 0 Å². The van der Waals surface area contributed by atoms with Crippen LogP contribution in [0, 0.1) is 0 Å². The van der Waals surface area contributed by atoms with E-state index in [1.807, 2.05) is 0 Å². The third kappa shape index (κ3) is 1.82. The zero-order valence-electron chi connectivity index (χ0n) is 8.74. The lowest BCUT2D eigenvalue weighted by Crippen LogP contribution is -2.27. The number of carbonyl (C=O) groups excluding carboxylic acids is 1. The molecule has 1 aromatic rings. The molecule has 0 aliphatic heterocycles. The van der Waals surface area contributed by atoms with Gasteiger partial charge in [-0.2, -0.15) is 5.10 Å². The maximum absolute atomic E-state index is 11.1. The van der Waals surface area contributed by atoms with Crippen molar-refractivity contribution in [2.75, 3.05) is 0 Å². The summed E-state index contributed by atoms with van der Waals surface area (Å²) >= 11 is 0. The number of carbonyl (C=O) groups is 1. The van der Waals surface area contributed by atoms with Crippen LogP contribution in [0.3, 0.4) is 0 Å². The van der Waals surface area contributed by atoms with Crippen LogP contribution in [-0.2, 0) is 11.8 Å². The topological polar surface area (TPSA) is 75.4 Å². The molecule has 0 radical (unpaired) electrons. The van der Waals surface area contributed by atoms with E-state index in [-0.39, 0.29) is 0 Å². The van der Waals surface area contributed by atoms with Gasteiger partial charge in [0, 0.05) is 13.2 Å². The molecule has 5 nitrogen and oxygen atoms in total. The Bertz CT molecular complexity index is 473. The van der Waals surface area contributed by atoms with Gasteiger partial charge in [-0.3, -0.25) is 9.48 Å². The van der Waals surface area contributed by atoms with Crippen LogP contribution < -0.4 is 0 Å². The molecular weight excluding hydrogens is 208 g/mol. The van der Waals surface area contributed by atoms with Crippen LogP contribution in [0.2, 0.25) is 0 Å². The van der Waals surface area contributed by atoms with Gasteiger partial charge in [-0.25, -0.2) is 0 Å². The molecule has 1 heterocycles. The molecule has 0 unspecified atom stereocenters. The molecule has 0 spiro atoms. The second kappa shape index (κ2) is 4.03. The quantitative estimate of drug-likeness (QED) is 0.715. The number of aryl methyl sites for hydroxylation is 1. The highest BCUT2D eigenvalue weighted by Crippen LogP contribution is 2.18. The Kier molecular flexibility index (Phi) is 2.72. The molecule has 2 N–H and O–H groups in total. The minimum Gasteiger partial charge on any atom is -0.385 e. The van der Waals surface area contributed by atoms with Gasteiger partial charge in [0.1, 0.15) is 12.2 Å². The zero-order valence-corrected chi connectivity index (χ0v) is 8.74. The van der Waals surface area contributed by atoms with Gasteiger partial charge in [0.25, 0.3) is 0 Å². The number of hydrogen-bond donors (Lipinski definition) is 2. The minimum atomic E-state index is -1.33. The normalized spacial score (nSPS) is 25.4. The predicted octanol–water partition coefficient (Wildman–Crippen LogP) is -0.336. The smallest absolute Gasteiger partial charge is 0.187 e. The molecule has 1 aliphatic carbocycles. The van der Waals surface area contributed by atoms with Crippen molar-refractivity contribution >= 4 is 11.9 Å². The lowest BCUT2D eigenvalue weighted by molar-refractivity contribution is -0.124. The summed E-state index contributed by atoms with van der Waals surface area (Å²) in [6.45, 7) is 0. The second-order valence-electron chi connectivity index (χ2n) is 3.65. The third-order valence-electron chi connectivity index (χ3n) is 2.55. The molecular formula is C11H12N2O3. The van der Waals surface area contributed by atoms with E-state index < -0.39 is 18.0 Å². The molecule has 0 aromatic carbocycles. The van der Waals surface area contributed by atoms with E-state index in [1.165, 1.54) is 6.08 Å². The van der Waals surface area contributed by atoms with Gasteiger partial charge in [0.2, 0.25) is 0 Å². The summed E-state index contributed by atoms with van der Waals surface area (Å²) in [7, 11) is 1.79. The molecule has 0 saturated heterocycles. The Morgan fingerprint density at radius 2 is 2.12 bits per heavy atom. The van der Waals surface area contributed by atoms with Gasteiger partial charge in [-0.05, 0) is 23.8 Å². The molecule has 5 heteroatoms. The summed E-state index contributed by atoms with van der Waals surface area (Å²) in [6.07, 6.45) is 3.79. The highest BCUT2D eigenvalue weighted by atomic mass is 16.3. The van der Waals surface area contributed by atoms with Crippen molar-refractivity contribution in [3.05, 3.63) is 35.7 Å². The van der Waals surface area contributed by atoms with Gasteiger partial charge >= 0.3 is 0 Å². The van der Waals surface area contributed by atoms with Crippen LogP contribution >= 0.6 is 0 Å². The van der Waals surface area contributed by atoms with Gasteiger partial charge in [0.05, 0.1) is 5.69 Å². The highest BCUT2D eigenvalue weighted by Gasteiger charge is 2.31. The molecule has 84 valence electrons. The number of ketones is 1. The molecule has 0 fully saturated rings. The van der Waals surface area contributed by atoms with Gasteiger partial charge < -0.3 is 10.2 Å². The number of aromatic nitrogens is 2. The van der Waals surface area contributed by atoms with Crippen molar-refractivity contribution < 1.29 is 15.0 Å². The summed E-state index contributed by atoms with van der Waals surface area (Å²) in [4.78, 5) is 11.1. The van der Waals surface area contributed by atoms with Crippen molar-refractivity contribution in [3.63, 3.8) is 0 Å². The monoisotopic (exact) mass is 220 g/mol. The lowest BCUT2D eigenvalue weighted by Gasteiger charge is -2.07. The maximum Gasteiger partial charge on any atom is 0.187 e. The van der Waals surface area contributed by atoms with Crippen molar-refractivity contribution in [2.24, 2.45) is 7.05 Å². The molecule has 0 amide bonds. The Balaban J connectivity index is 2.18. The summed E-state index contributed by atoms with van der Waals surface area (Å²) in [5.41, 5.74) is 1.26. The summed E-state index contributed by atoms with van der Waals surface area (Å²) in [6, 6.07) is 1.80. The number of aliphatic hydroxyl groups excluding tert-OH is 2. The molecule has 1 aliphatic rings. The third-order valence-corrected chi connectivity index (χ3v) is 2.55. The Morgan fingerprint density at radius 1 is 1.38 bits per heavy atom. The fraction of sp³-hybridized carbons (Fsp3) is 0.273. The minimum absolute atomic E-state index is 0.415. The van der Waals surface area contributed by atoms with Crippen molar-refractivity contribution in [1.82, 2.24) is 9.78 Å². The van der Waals surface area contributed by atoms with Gasteiger partial charge in [0.15, 0.2) is 5.78 Å². The van der Waals surface area contributed by atoms with Crippen LogP contribution in [0.15, 0.2) is 30.0 Å². The van der Waals surface area contributed by atoms with E-state index in [2.05, 4.69) is 5.10 Å². The van der Waals surface area contributed by atoms with E-state index in [9.17, 15) is 15.0 Å². The number of aliphatic hydroxyl groups is 2. The molecule has 1 aromatic heterocycles. The highest BCUT2D eigenvalue weighted by molar-refractivity contribution is 5.98. The predicted molar refractivity (Wildman–Crippen MR) is 57.3 cm³/mol. The van der Waals surface area contributed by atoms with Gasteiger partial charge in [-0.1, -0.05) is 6.08 Å². The van der Waals surface area contributed by atoms with E-state index in [0.29, 0.717) is 5.57 Å². The molecule has 2 atom stereocenters. The molecule has 0 bridgehead atoms. The van der Waals surface area contributed by atoms with Crippen LogP contribution in [0.4, 0.5) is 0 Å². The van der Waals surface area contributed by atoms with Crippen LogP contribution in [-0.4, -0.2) is 38.0 Å². The summed E-state index contributed by atoms with van der Waals surface area (Å²) < 4.78 is 1.66. The SMILES string of the molecule is Cn1nccc1/C=C/C1=CC(=O)[C@H](O)[C@H]1O. The first-order chi connectivity index (χ1) is 7.59. The number of hydrogen-bond acceptors (Lipinski definition) is 4. The fourth-order valence-electron chi connectivity index (χ4n) is 1.55. The van der Waals surface area contributed by atoms with Crippen LogP contribution in [0.1, 0.15) is 5.69 Å². The zero-order chi connectivity index (χ0) is 11.7. The molecule has 0 saturated carbocycles. The molecule has 2 rings (SSSR count).